The van der Waals surface area contributed by atoms with Crippen LogP contribution in [0.25, 0.3) is 11.3 Å². The van der Waals surface area contributed by atoms with Crippen LogP contribution in [0.1, 0.15) is 11.6 Å². The van der Waals surface area contributed by atoms with Gasteiger partial charge in [-0.25, -0.2) is 9.97 Å². The molecule has 15 heteroatoms. The van der Waals surface area contributed by atoms with Gasteiger partial charge in [0.15, 0.2) is 5.82 Å². The predicted molar refractivity (Wildman–Crippen MR) is 151 cm³/mol. The number of nitrogens with zero attached hydrogens (tertiary/aromatic N) is 3. The first-order valence-electron chi connectivity index (χ1n) is 9.07. The Labute approximate surface area is 241 Å². The monoisotopic (exact) mass is 658 g/mol. The van der Waals surface area contributed by atoms with Crippen LogP contribution in [0.15, 0.2) is 30.5 Å². The maximum absolute atomic E-state index is 9.03. The van der Waals surface area contributed by atoms with Gasteiger partial charge in [-0.3, -0.25) is 10.7 Å². The van der Waals surface area contributed by atoms with Crippen molar-refractivity contribution in [2.45, 2.75) is 6.04 Å². The van der Waals surface area contributed by atoms with E-state index in [0.29, 0.717) is 36.9 Å². The van der Waals surface area contributed by atoms with Gasteiger partial charge in [0, 0.05) is 21.2 Å². The highest BCUT2D eigenvalue weighted by Crippen LogP contribution is 2.37. The molecule has 1 atom stereocenters. The van der Waals surface area contributed by atoms with E-state index < -0.39 is 6.04 Å². The minimum atomic E-state index is -0.720. The molecule has 0 aliphatic carbocycles. The number of benzene rings is 2. The highest BCUT2D eigenvalue weighted by molar-refractivity contribution is 8.93. The zero-order valence-electron chi connectivity index (χ0n) is 17.4. The minimum absolute atomic E-state index is 0. The third kappa shape index (κ3) is 8.70. The van der Waals surface area contributed by atoms with Gasteiger partial charge in [0.2, 0.25) is 0 Å². The summed E-state index contributed by atoms with van der Waals surface area (Å²) in [5, 5.41) is 20.9. The van der Waals surface area contributed by atoms with Crippen LogP contribution in [0.2, 0.25) is 30.1 Å². The molecule has 8 N–H and O–H groups in total. The summed E-state index contributed by atoms with van der Waals surface area (Å²) >= 11 is 35.6. The van der Waals surface area contributed by atoms with Crippen molar-refractivity contribution in [3.8, 4) is 17.3 Å². The molecule has 0 radical (unpaired) electrons. The Hall–Kier alpha value is -1.74. The van der Waals surface area contributed by atoms with Gasteiger partial charge in [0.25, 0.3) is 0 Å². The summed E-state index contributed by atoms with van der Waals surface area (Å²) in [5.74, 6) is 0.329. The summed E-state index contributed by atoms with van der Waals surface area (Å²) in [7, 11) is 0. The molecule has 0 aliphatic heterocycles. The SMILES string of the molecule is Br.N#CC(NCC(=N)N)c1cc(Cl)cc(Cl)c1Cl.Nc1cnc(-c2cc(Cl)cc(Cl)c2Cl)c(N)n1. The molecule has 35 heavy (non-hydrogen) atoms. The van der Waals surface area contributed by atoms with Gasteiger partial charge in [0.05, 0.1) is 38.9 Å². The number of nitrogen functional groups attached to an aromatic ring is 2. The Kier molecular flexibility index (Phi) is 12.6. The van der Waals surface area contributed by atoms with Crippen LogP contribution < -0.4 is 22.5 Å². The molecule has 0 bridgehead atoms. The number of hydrogen-bond donors (Lipinski definition) is 5. The Bertz CT molecular complexity index is 1270. The summed E-state index contributed by atoms with van der Waals surface area (Å²) in [6, 6.07) is 7.49. The van der Waals surface area contributed by atoms with Crippen molar-refractivity contribution in [2.24, 2.45) is 5.73 Å². The molecule has 8 nitrogen and oxygen atoms in total. The largest absolute Gasteiger partial charge is 0.387 e. The third-order valence-electron chi connectivity index (χ3n) is 4.02. The Balaban J connectivity index is 0.000000340. The molecule has 1 unspecified atom stereocenters. The first-order chi connectivity index (χ1) is 15.9. The lowest BCUT2D eigenvalue weighted by molar-refractivity contribution is 0.692. The highest BCUT2D eigenvalue weighted by atomic mass is 79.9. The number of rotatable bonds is 5. The molecule has 3 aromatic rings. The first-order valence-corrected chi connectivity index (χ1v) is 11.3. The zero-order valence-corrected chi connectivity index (χ0v) is 23.7. The van der Waals surface area contributed by atoms with Crippen molar-refractivity contribution in [3.63, 3.8) is 0 Å². The lowest BCUT2D eigenvalue weighted by Gasteiger charge is -2.14. The summed E-state index contributed by atoms with van der Waals surface area (Å²) in [6.45, 7) is 0.0820. The van der Waals surface area contributed by atoms with Gasteiger partial charge < -0.3 is 17.2 Å². The molecule has 0 saturated carbocycles. The molecule has 0 fully saturated rings. The highest BCUT2D eigenvalue weighted by Gasteiger charge is 2.17. The van der Waals surface area contributed by atoms with E-state index in [0.717, 1.165) is 0 Å². The summed E-state index contributed by atoms with van der Waals surface area (Å²) < 4.78 is 0. The topological polar surface area (TPSA) is 164 Å². The van der Waals surface area contributed by atoms with E-state index in [1.807, 2.05) is 6.07 Å². The maximum Gasteiger partial charge on any atom is 0.152 e. The fourth-order valence-corrected chi connectivity index (χ4v) is 4.00. The number of anilines is 2. The van der Waals surface area contributed by atoms with Crippen molar-refractivity contribution in [3.05, 3.63) is 66.2 Å². The normalized spacial score (nSPS) is 10.9. The maximum atomic E-state index is 9.03. The summed E-state index contributed by atoms with van der Waals surface area (Å²) in [6.07, 6.45) is 1.39. The molecule has 0 aliphatic rings. The van der Waals surface area contributed by atoms with Crippen LogP contribution in [-0.2, 0) is 0 Å². The number of aromatic nitrogens is 2. The number of amidine groups is 1. The predicted octanol–water partition coefficient (Wildman–Crippen LogP) is 6.58. The number of hydrogen-bond acceptors (Lipinski definition) is 7. The van der Waals surface area contributed by atoms with Crippen molar-refractivity contribution in [1.82, 2.24) is 15.3 Å². The van der Waals surface area contributed by atoms with E-state index in [1.165, 1.54) is 18.3 Å². The van der Waals surface area contributed by atoms with Crippen molar-refractivity contribution >= 4 is 104 Å². The average Bonchev–Trinajstić information content (AvgIpc) is 2.75. The van der Waals surface area contributed by atoms with E-state index in [4.69, 9.17) is 97.5 Å². The van der Waals surface area contributed by atoms with Gasteiger partial charge in [-0.05, 0) is 24.3 Å². The second-order valence-electron chi connectivity index (χ2n) is 6.54. The Morgan fingerprint density at radius 2 is 1.57 bits per heavy atom. The van der Waals surface area contributed by atoms with E-state index in [-0.39, 0.29) is 51.0 Å². The fourth-order valence-electron chi connectivity index (χ4n) is 2.58. The molecule has 186 valence electrons. The van der Waals surface area contributed by atoms with E-state index in [1.54, 1.807) is 12.1 Å². The Morgan fingerprint density at radius 1 is 1.00 bits per heavy atom. The van der Waals surface area contributed by atoms with Gasteiger partial charge in [0.1, 0.15) is 23.4 Å². The molecule has 2 aromatic carbocycles. The lowest BCUT2D eigenvalue weighted by atomic mass is 10.1. The van der Waals surface area contributed by atoms with E-state index in [2.05, 4.69) is 15.3 Å². The third-order valence-corrected chi connectivity index (χ3v) is 6.08. The standard InChI is InChI=1S/C10H7Cl3N4.C10H9Cl3N4.BrH/c11-4-1-5(8(13)6(12)2-4)9-10(15)17-7(14)3-16-9;11-5-1-6(10(13)7(12)2-5)8(3-14)17-4-9(15)16;/h1-3H,(H4,14,15,17);1-2,8,17H,4H2,(H3,15,16);1H. The molecule has 1 aromatic heterocycles. The van der Waals surface area contributed by atoms with Crippen LogP contribution in [-0.4, -0.2) is 22.3 Å². The van der Waals surface area contributed by atoms with Crippen LogP contribution >= 0.6 is 86.6 Å². The fraction of sp³-hybridized carbons (Fsp3) is 0.100. The minimum Gasteiger partial charge on any atom is -0.387 e. The first kappa shape index (κ1) is 31.3. The smallest absolute Gasteiger partial charge is 0.152 e. The van der Waals surface area contributed by atoms with Gasteiger partial charge in [-0.2, -0.15) is 5.26 Å². The van der Waals surface area contributed by atoms with Crippen LogP contribution in [0.4, 0.5) is 11.6 Å². The van der Waals surface area contributed by atoms with Crippen LogP contribution in [0.3, 0.4) is 0 Å². The quantitative estimate of drug-likeness (QED) is 0.117. The van der Waals surface area contributed by atoms with Crippen molar-refractivity contribution in [2.75, 3.05) is 18.0 Å². The molecule has 3 rings (SSSR count). The average molecular weight is 662 g/mol. The second-order valence-corrected chi connectivity index (χ2v) is 8.98. The Morgan fingerprint density at radius 3 is 2.11 bits per heavy atom. The van der Waals surface area contributed by atoms with Crippen LogP contribution in [0.5, 0.6) is 0 Å². The number of nitrogens with two attached hydrogens (primary N) is 3. The van der Waals surface area contributed by atoms with Gasteiger partial charge in [-0.15, -0.1) is 17.0 Å². The number of nitriles is 1. The zero-order chi connectivity index (χ0) is 25.6. The second kappa shape index (κ2) is 14.1. The summed E-state index contributed by atoms with van der Waals surface area (Å²) in [4.78, 5) is 7.98. The lowest BCUT2D eigenvalue weighted by Crippen LogP contribution is -2.30. The van der Waals surface area contributed by atoms with E-state index >= 15 is 0 Å². The van der Waals surface area contributed by atoms with E-state index in [9.17, 15) is 0 Å². The van der Waals surface area contributed by atoms with Crippen LogP contribution in [0, 0.1) is 16.7 Å². The number of nitrogens with one attached hydrogen (secondary N) is 2. The van der Waals surface area contributed by atoms with Crippen molar-refractivity contribution < 1.29 is 0 Å². The van der Waals surface area contributed by atoms with Gasteiger partial charge >= 0.3 is 0 Å². The molecule has 0 saturated heterocycles. The van der Waals surface area contributed by atoms with Gasteiger partial charge in [-0.1, -0.05) is 69.6 Å². The summed E-state index contributed by atoms with van der Waals surface area (Å²) in [5.41, 5.74) is 17.8. The molecular weight excluding hydrogens is 645 g/mol. The number of halogens is 7. The molecule has 0 spiro atoms. The van der Waals surface area contributed by atoms with Crippen molar-refractivity contribution in [1.29, 1.82) is 10.7 Å². The molecule has 0 amide bonds. The molecular formula is C20H17BrCl6N8. The molecule has 1 heterocycles.